The van der Waals surface area contributed by atoms with Crippen molar-refractivity contribution in [3.05, 3.63) is 65.4 Å². The Morgan fingerprint density at radius 1 is 1.16 bits per heavy atom. The fourth-order valence-corrected chi connectivity index (χ4v) is 3.00. The van der Waals surface area contributed by atoms with Crippen molar-refractivity contribution < 1.29 is 0 Å². The second kappa shape index (κ2) is 8.89. The first-order valence-electron chi connectivity index (χ1n) is 8.39. The monoisotopic (exact) mass is 448 g/mol. The number of nitrogens with two attached hydrogens (primary N) is 1. The van der Waals surface area contributed by atoms with Crippen LogP contribution >= 0.6 is 24.0 Å². The Morgan fingerprint density at radius 2 is 1.96 bits per heavy atom. The molecule has 132 valence electrons. The molecule has 0 spiro atoms. The van der Waals surface area contributed by atoms with Crippen LogP contribution in [0.1, 0.15) is 23.7 Å². The van der Waals surface area contributed by atoms with Gasteiger partial charge in [0.1, 0.15) is 0 Å². The molecule has 2 aromatic carbocycles. The normalized spacial score (nSPS) is 11.4. The first-order valence-corrected chi connectivity index (χ1v) is 8.39. The molecule has 1 aromatic heterocycles. The summed E-state index contributed by atoms with van der Waals surface area (Å²) in [5.74, 6) is 0.459. The minimum absolute atomic E-state index is 0. The van der Waals surface area contributed by atoms with Crippen LogP contribution in [0.4, 0.5) is 5.69 Å². The van der Waals surface area contributed by atoms with E-state index in [1.807, 2.05) is 18.2 Å². The minimum Gasteiger partial charge on any atom is -0.370 e. The smallest absolute Gasteiger partial charge is 0.193 e. The largest absolute Gasteiger partial charge is 0.370 e. The molecule has 4 N–H and O–H groups in total. The van der Waals surface area contributed by atoms with Gasteiger partial charge in [-0.15, -0.1) is 24.0 Å². The van der Waals surface area contributed by atoms with Gasteiger partial charge in [-0.05, 0) is 49.1 Å². The summed E-state index contributed by atoms with van der Waals surface area (Å²) < 4.78 is 0. The number of guanidine groups is 1. The number of aromatic amines is 1. The summed E-state index contributed by atoms with van der Waals surface area (Å²) >= 11 is 0. The van der Waals surface area contributed by atoms with Gasteiger partial charge in [-0.3, -0.25) is 4.99 Å². The van der Waals surface area contributed by atoms with Crippen molar-refractivity contribution in [1.82, 2.24) is 4.98 Å². The van der Waals surface area contributed by atoms with Crippen molar-refractivity contribution in [3.63, 3.8) is 0 Å². The van der Waals surface area contributed by atoms with E-state index in [2.05, 4.69) is 59.5 Å². The van der Waals surface area contributed by atoms with E-state index in [1.54, 1.807) is 0 Å². The van der Waals surface area contributed by atoms with Gasteiger partial charge in [0.05, 0.1) is 0 Å². The second-order valence-corrected chi connectivity index (χ2v) is 5.97. The number of aliphatic imine (C=N–C) groups is 1. The van der Waals surface area contributed by atoms with Crippen molar-refractivity contribution in [3.8, 4) is 0 Å². The van der Waals surface area contributed by atoms with Gasteiger partial charge in [-0.2, -0.15) is 0 Å². The van der Waals surface area contributed by atoms with Gasteiger partial charge in [-0.25, -0.2) is 0 Å². The number of anilines is 1. The van der Waals surface area contributed by atoms with E-state index >= 15 is 0 Å². The molecule has 0 aliphatic heterocycles. The maximum absolute atomic E-state index is 6.02. The molecule has 4 nitrogen and oxygen atoms in total. The number of hydrogen-bond donors (Lipinski definition) is 3. The highest BCUT2D eigenvalue weighted by Gasteiger charge is 2.07. The highest BCUT2D eigenvalue weighted by Crippen LogP contribution is 2.22. The average molecular weight is 448 g/mol. The number of nitrogens with zero attached hydrogens (tertiary/aromatic N) is 1. The molecule has 3 rings (SSSR count). The first kappa shape index (κ1) is 19.3. The van der Waals surface area contributed by atoms with Crippen molar-refractivity contribution in [2.24, 2.45) is 10.7 Å². The number of aryl methyl sites for hydroxylation is 2. The van der Waals surface area contributed by atoms with Gasteiger partial charge in [0, 0.05) is 28.8 Å². The maximum Gasteiger partial charge on any atom is 0.193 e. The van der Waals surface area contributed by atoms with E-state index in [0.717, 1.165) is 18.5 Å². The molecule has 0 aliphatic rings. The maximum atomic E-state index is 6.02. The zero-order valence-corrected chi connectivity index (χ0v) is 17.0. The molecule has 0 atom stereocenters. The van der Waals surface area contributed by atoms with Crippen LogP contribution in [0, 0.1) is 6.92 Å². The summed E-state index contributed by atoms with van der Waals surface area (Å²) in [5.41, 5.74) is 12.0. The quantitative estimate of drug-likeness (QED) is 0.303. The first-order chi connectivity index (χ1) is 11.7. The van der Waals surface area contributed by atoms with E-state index in [4.69, 9.17) is 5.73 Å². The number of fused-ring (bicyclic) bond motifs is 1. The Hall–Kier alpha value is -2.02. The molecule has 0 radical (unpaired) electrons. The molecular weight excluding hydrogens is 423 g/mol. The zero-order chi connectivity index (χ0) is 16.9. The van der Waals surface area contributed by atoms with Gasteiger partial charge < -0.3 is 16.0 Å². The lowest BCUT2D eigenvalue weighted by Gasteiger charge is -2.07. The highest BCUT2D eigenvalue weighted by atomic mass is 127. The number of aromatic nitrogens is 1. The SMILES string of the molecule is CCc1cccc(NC(N)=NCCc2c(C)[nH]c3ccccc23)c1.I. The minimum atomic E-state index is 0. The molecule has 0 fully saturated rings. The number of rotatable bonds is 5. The Labute approximate surface area is 165 Å². The van der Waals surface area contributed by atoms with Crippen molar-refractivity contribution in [2.45, 2.75) is 26.7 Å². The lowest BCUT2D eigenvalue weighted by Crippen LogP contribution is -2.23. The summed E-state index contributed by atoms with van der Waals surface area (Å²) in [7, 11) is 0. The molecule has 1 heterocycles. The van der Waals surface area contributed by atoms with Crippen molar-refractivity contribution in [1.29, 1.82) is 0 Å². The zero-order valence-electron chi connectivity index (χ0n) is 14.7. The van der Waals surface area contributed by atoms with E-state index in [-0.39, 0.29) is 24.0 Å². The lowest BCUT2D eigenvalue weighted by atomic mass is 10.1. The molecule has 0 saturated carbocycles. The van der Waals surface area contributed by atoms with Gasteiger partial charge in [0.2, 0.25) is 0 Å². The van der Waals surface area contributed by atoms with Gasteiger partial charge in [0.25, 0.3) is 0 Å². The number of benzene rings is 2. The highest BCUT2D eigenvalue weighted by molar-refractivity contribution is 14.0. The van der Waals surface area contributed by atoms with E-state index < -0.39 is 0 Å². The van der Waals surface area contributed by atoms with Crippen LogP contribution < -0.4 is 11.1 Å². The lowest BCUT2D eigenvalue weighted by molar-refractivity contribution is 0.959. The predicted octanol–water partition coefficient (Wildman–Crippen LogP) is 4.63. The van der Waals surface area contributed by atoms with Crippen LogP contribution in [0.25, 0.3) is 10.9 Å². The number of nitrogens with one attached hydrogen (secondary N) is 2. The van der Waals surface area contributed by atoms with Gasteiger partial charge in [-0.1, -0.05) is 37.3 Å². The number of halogens is 1. The van der Waals surface area contributed by atoms with E-state index in [1.165, 1.54) is 27.7 Å². The third-order valence-electron chi connectivity index (χ3n) is 4.28. The van der Waals surface area contributed by atoms with Gasteiger partial charge >= 0.3 is 0 Å². The van der Waals surface area contributed by atoms with Crippen molar-refractivity contribution >= 4 is 46.5 Å². The average Bonchev–Trinajstić information content (AvgIpc) is 2.91. The second-order valence-electron chi connectivity index (χ2n) is 5.97. The fourth-order valence-electron chi connectivity index (χ4n) is 3.00. The Balaban J connectivity index is 0.00000225. The molecule has 25 heavy (non-hydrogen) atoms. The number of hydrogen-bond acceptors (Lipinski definition) is 1. The fraction of sp³-hybridized carbons (Fsp3) is 0.250. The molecule has 5 heteroatoms. The number of H-pyrrole nitrogens is 1. The third kappa shape index (κ3) is 4.75. The predicted molar refractivity (Wildman–Crippen MR) is 118 cm³/mol. The van der Waals surface area contributed by atoms with Crippen LogP contribution in [0.15, 0.2) is 53.5 Å². The molecule has 0 amide bonds. The van der Waals surface area contributed by atoms with Crippen LogP contribution in [-0.4, -0.2) is 17.5 Å². The summed E-state index contributed by atoms with van der Waals surface area (Å²) in [6.07, 6.45) is 1.87. The molecule has 0 saturated heterocycles. The van der Waals surface area contributed by atoms with Crippen molar-refractivity contribution in [2.75, 3.05) is 11.9 Å². The van der Waals surface area contributed by atoms with Crippen LogP contribution in [0.2, 0.25) is 0 Å². The molecule has 0 bridgehead atoms. The summed E-state index contributed by atoms with van der Waals surface area (Å²) in [5, 5.41) is 4.44. The Bertz CT molecular complexity index is 867. The van der Waals surface area contributed by atoms with E-state index in [9.17, 15) is 0 Å². The number of para-hydroxylation sites is 1. The topological polar surface area (TPSA) is 66.2 Å². The summed E-state index contributed by atoms with van der Waals surface area (Å²) in [6.45, 7) is 4.91. The standard InChI is InChI=1S/C20H24N4.HI/c1-3-15-7-6-8-16(13-15)24-20(21)22-12-11-17-14(2)23-19-10-5-4-9-18(17)19;/h4-10,13,23H,3,11-12H2,1-2H3,(H3,21,22,24);1H. The Kier molecular flexibility index (Phi) is 6.87. The summed E-state index contributed by atoms with van der Waals surface area (Å²) in [4.78, 5) is 7.89. The third-order valence-corrected chi connectivity index (χ3v) is 4.28. The Morgan fingerprint density at radius 3 is 2.76 bits per heavy atom. The molecule has 0 aliphatic carbocycles. The van der Waals surface area contributed by atoms with Gasteiger partial charge in [0.15, 0.2) is 5.96 Å². The molecule has 0 unspecified atom stereocenters. The molecule has 3 aromatic rings. The van der Waals surface area contributed by atoms with Crippen LogP contribution in [0.5, 0.6) is 0 Å². The van der Waals surface area contributed by atoms with E-state index in [0.29, 0.717) is 12.5 Å². The van der Waals surface area contributed by atoms with Crippen LogP contribution in [0.3, 0.4) is 0 Å². The summed E-state index contributed by atoms with van der Waals surface area (Å²) in [6, 6.07) is 16.6. The molecular formula is C20H25IN4. The van der Waals surface area contributed by atoms with Crippen LogP contribution in [-0.2, 0) is 12.8 Å².